The summed E-state index contributed by atoms with van der Waals surface area (Å²) in [6.07, 6.45) is 5.23. The van der Waals surface area contributed by atoms with Gasteiger partial charge in [0.05, 0.1) is 11.1 Å². The number of nitrogens with one attached hydrogen (secondary N) is 1. The monoisotopic (exact) mass is 282 g/mol. The summed E-state index contributed by atoms with van der Waals surface area (Å²) in [6, 6.07) is 0. The molecule has 0 aromatic carbocycles. The van der Waals surface area contributed by atoms with E-state index in [-0.39, 0.29) is 17.4 Å². The molecule has 1 unspecified atom stereocenters. The van der Waals surface area contributed by atoms with Crippen LogP contribution < -0.4 is 5.32 Å². The van der Waals surface area contributed by atoms with Gasteiger partial charge in [-0.1, -0.05) is 20.8 Å². The highest BCUT2D eigenvalue weighted by atomic mass is 32.1. The molecule has 0 saturated heterocycles. The molecule has 1 aromatic rings. The van der Waals surface area contributed by atoms with Crippen molar-refractivity contribution in [2.45, 2.75) is 45.6 Å². The SMILES string of the molecule is CC(O)CCNC(=O)C=Cc1cnc(C(C)(C)C)s1. The van der Waals surface area contributed by atoms with Gasteiger partial charge in [-0.3, -0.25) is 4.79 Å². The molecule has 19 heavy (non-hydrogen) atoms. The minimum Gasteiger partial charge on any atom is -0.393 e. The normalized spacial score (nSPS) is 13.7. The van der Waals surface area contributed by atoms with E-state index in [2.05, 4.69) is 31.1 Å². The molecular formula is C14H22N2O2S. The lowest BCUT2D eigenvalue weighted by atomic mass is 9.98. The second-order valence-electron chi connectivity index (χ2n) is 5.58. The van der Waals surface area contributed by atoms with Gasteiger partial charge in [0.15, 0.2) is 0 Å². The Balaban J connectivity index is 2.48. The van der Waals surface area contributed by atoms with Crippen molar-refractivity contribution in [3.8, 4) is 0 Å². The third kappa shape index (κ3) is 5.98. The number of nitrogens with zero attached hydrogens (tertiary/aromatic N) is 1. The zero-order valence-corrected chi connectivity index (χ0v) is 12.8. The van der Waals surface area contributed by atoms with Crippen LogP contribution in [0.4, 0.5) is 0 Å². The van der Waals surface area contributed by atoms with Crippen LogP contribution >= 0.6 is 11.3 Å². The van der Waals surface area contributed by atoms with E-state index in [0.29, 0.717) is 13.0 Å². The summed E-state index contributed by atoms with van der Waals surface area (Å²) in [6.45, 7) is 8.52. The topological polar surface area (TPSA) is 62.2 Å². The molecule has 0 bridgehead atoms. The Kier molecular flexibility index (Phi) is 5.69. The summed E-state index contributed by atoms with van der Waals surface area (Å²) < 4.78 is 0. The number of rotatable bonds is 5. The third-order valence-corrected chi connectivity index (χ3v) is 3.81. The maximum Gasteiger partial charge on any atom is 0.244 e. The standard InChI is InChI=1S/C14H22N2O2S/c1-10(17)7-8-15-12(18)6-5-11-9-16-13(19-11)14(2,3)4/h5-6,9-10,17H,7-8H2,1-4H3,(H,15,18). The van der Waals surface area contributed by atoms with Crippen LogP contribution in [-0.4, -0.2) is 28.6 Å². The van der Waals surface area contributed by atoms with Crippen molar-refractivity contribution in [2.24, 2.45) is 0 Å². The molecular weight excluding hydrogens is 260 g/mol. The number of thiazole rings is 1. The Morgan fingerprint density at radius 1 is 1.58 bits per heavy atom. The van der Waals surface area contributed by atoms with Crippen LogP contribution in [-0.2, 0) is 10.2 Å². The van der Waals surface area contributed by atoms with Crippen LogP contribution in [0.5, 0.6) is 0 Å². The van der Waals surface area contributed by atoms with Gasteiger partial charge in [-0.2, -0.15) is 0 Å². The fourth-order valence-corrected chi connectivity index (χ4v) is 2.21. The number of hydrogen-bond acceptors (Lipinski definition) is 4. The Morgan fingerprint density at radius 3 is 2.79 bits per heavy atom. The van der Waals surface area contributed by atoms with E-state index < -0.39 is 0 Å². The molecule has 1 aromatic heterocycles. The van der Waals surface area contributed by atoms with E-state index in [0.717, 1.165) is 9.88 Å². The fourth-order valence-electron chi connectivity index (χ4n) is 1.33. The Morgan fingerprint density at radius 2 is 2.26 bits per heavy atom. The third-order valence-electron chi connectivity index (χ3n) is 2.43. The molecule has 0 fully saturated rings. The highest BCUT2D eigenvalue weighted by Crippen LogP contribution is 2.27. The summed E-state index contributed by atoms with van der Waals surface area (Å²) in [5.74, 6) is -0.147. The van der Waals surface area contributed by atoms with Crippen LogP contribution in [0.25, 0.3) is 6.08 Å². The number of carbonyl (C=O) groups excluding carboxylic acids is 1. The van der Waals surface area contributed by atoms with Gasteiger partial charge in [-0.25, -0.2) is 4.98 Å². The van der Waals surface area contributed by atoms with E-state index in [1.165, 1.54) is 6.08 Å². The molecule has 4 nitrogen and oxygen atoms in total. The fraction of sp³-hybridized carbons (Fsp3) is 0.571. The van der Waals surface area contributed by atoms with Crippen LogP contribution in [0.3, 0.4) is 0 Å². The Labute approximate surface area is 118 Å². The second kappa shape index (κ2) is 6.82. The zero-order chi connectivity index (χ0) is 14.5. The second-order valence-corrected chi connectivity index (χ2v) is 6.64. The van der Waals surface area contributed by atoms with Crippen LogP contribution in [0.1, 0.15) is 44.0 Å². The molecule has 1 rings (SSSR count). The quantitative estimate of drug-likeness (QED) is 0.815. The number of aromatic nitrogens is 1. The van der Waals surface area contributed by atoms with E-state index in [9.17, 15) is 4.79 Å². The van der Waals surface area contributed by atoms with Crippen molar-refractivity contribution in [3.05, 3.63) is 22.2 Å². The van der Waals surface area contributed by atoms with E-state index >= 15 is 0 Å². The first-order chi connectivity index (χ1) is 8.79. The summed E-state index contributed by atoms with van der Waals surface area (Å²) in [7, 11) is 0. The summed E-state index contributed by atoms with van der Waals surface area (Å²) >= 11 is 1.59. The Hall–Kier alpha value is -1.20. The average molecular weight is 282 g/mol. The summed E-state index contributed by atoms with van der Waals surface area (Å²) in [5, 5.41) is 12.9. The average Bonchev–Trinajstić information content (AvgIpc) is 2.74. The summed E-state index contributed by atoms with van der Waals surface area (Å²) in [4.78, 5) is 16.8. The molecule has 0 aliphatic carbocycles. The number of hydrogen-bond donors (Lipinski definition) is 2. The molecule has 0 radical (unpaired) electrons. The number of carbonyl (C=O) groups is 1. The molecule has 1 atom stereocenters. The summed E-state index contributed by atoms with van der Waals surface area (Å²) in [5.41, 5.74) is 0.0380. The van der Waals surface area contributed by atoms with Gasteiger partial charge in [0, 0.05) is 29.1 Å². The van der Waals surface area contributed by atoms with Crippen molar-refractivity contribution in [1.29, 1.82) is 0 Å². The predicted molar refractivity (Wildman–Crippen MR) is 79.2 cm³/mol. The molecule has 5 heteroatoms. The van der Waals surface area contributed by atoms with Crippen molar-refractivity contribution < 1.29 is 9.90 Å². The lowest BCUT2D eigenvalue weighted by Gasteiger charge is -2.13. The van der Waals surface area contributed by atoms with Gasteiger partial charge in [0.1, 0.15) is 0 Å². The van der Waals surface area contributed by atoms with Crippen molar-refractivity contribution in [3.63, 3.8) is 0 Å². The van der Waals surface area contributed by atoms with Crippen LogP contribution in [0.15, 0.2) is 12.3 Å². The molecule has 0 saturated carbocycles. The molecule has 2 N–H and O–H groups in total. The van der Waals surface area contributed by atoms with Gasteiger partial charge >= 0.3 is 0 Å². The van der Waals surface area contributed by atoms with E-state index in [1.807, 2.05) is 0 Å². The highest BCUT2D eigenvalue weighted by molar-refractivity contribution is 7.12. The van der Waals surface area contributed by atoms with Gasteiger partial charge in [-0.15, -0.1) is 11.3 Å². The van der Waals surface area contributed by atoms with Crippen molar-refractivity contribution >= 4 is 23.3 Å². The van der Waals surface area contributed by atoms with E-state index in [1.54, 1.807) is 30.5 Å². The zero-order valence-electron chi connectivity index (χ0n) is 11.9. The van der Waals surface area contributed by atoms with Crippen LogP contribution in [0.2, 0.25) is 0 Å². The van der Waals surface area contributed by atoms with Gasteiger partial charge in [0.25, 0.3) is 0 Å². The maximum atomic E-state index is 11.5. The Bertz CT molecular complexity index is 445. The number of aliphatic hydroxyl groups excluding tert-OH is 1. The minimum atomic E-state index is -0.389. The molecule has 1 amide bonds. The molecule has 0 aliphatic rings. The first-order valence-electron chi connectivity index (χ1n) is 6.39. The van der Waals surface area contributed by atoms with Crippen molar-refractivity contribution in [2.75, 3.05) is 6.54 Å². The van der Waals surface area contributed by atoms with Crippen molar-refractivity contribution in [1.82, 2.24) is 10.3 Å². The van der Waals surface area contributed by atoms with Gasteiger partial charge in [0.2, 0.25) is 5.91 Å². The first kappa shape index (κ1) is 15.9. The smallest absolute Gasteiger partial charge is 0.244 e. The lowest BCUT2D eigenvalue weighted by Crippen LogP contribution is -2.24. The van der Waals surface area contributed by atoms with Gasteiger partial charge < -0.3 is 10.4 Å². The molecule has 0 spiro atoms. The van der Waals surface area contributed by atoms with Crippen LogP contribution in [0, 0.1) is 0 Å². The predicted octanol–water partition coefficient (Wildman–Crippen LogP) is 2.34. The largest absolute Gasteiger partial charge is 0.393 e. The first-order valence-corrected chi connectivity index (χ1v) is 7.21. The maximum absolute atomic E-state index is 11.5. The van der Waals surface area contributed by atoms with E-state index in [4.69, 9.17) is 5.11 Å². The minimum absolute atomic E-state index is 0.0380. The molecule has 106 valence electrons. The lowest BCUT2D eigenvalue weighted by molar-refractivity contribution is -0.116. The molecule has 1 heterocycles. The highest BCUT2D eigenvalue weighted by Gasteiger charge is 2.17. The number of amides is 1. The molecule has 0 aliphatic heterocycles. The van der Waals surface area contributed by atoms with Gasteiger partial charge in [-0.05, 0) is 19.4 Å². The number of aliphatic hydroxyl groups is 1.